The maximum absolute atomic E-state index is 12.4. The number of hydrogen-bond acceptors (Lipinski definition) is 5. The summed E-state index contributed by atoms with van der Waals surface area (Å²) in [5.74, 6) is -0.566. The predicted molar refractivity (Wildman–Crippen MR) is 69.9 cm³/mol. The Kier molecular flexibility index (Phi) is 5.44. The van der Waals surface area contributed by atoms with Crippen molar-refractivity contribution in [2.45, 2.75) is 31.7 Å². The van der Waals surface area contributed by atoms with E-state index in [-0.39, 0.29) is 24.1 Å². The van der Waals surface area contributed by atoms with Crippen LogP contribution >= 0.6 is 0 Å². The number of carbonyl (C=O) groups is 1. The molecule has 0 fully saturated rings. The van der Waals surface area contributed by atoms with Crippen LogP contribution in [0.4, 0.5) is 0 Å². The fourth-order valence-corrected chi connectivity index (χ4v) is 3.06. The van der Waals surface area contributed by atoms with Crippen LogP contribution in [-0.2, 0) is 19.6 Å². The molecule has 0 amide bonds. The molecule has 0 aromatic carbocycles. The summed E-state index contributed by atoms with van der Waals surface area (Å²) in [6.45, 7) is 4.99. The Bertz CT molecular complexity index is 514. The second kappa shape index (κ2) is 6.63. The smallest absolute Gasteiger partial charge is 0.321 e. The fourth-order valence-electron chi connectivity index (χ4n) is 1.51. The summed E-state index contributed by atoms with van der Waals surface area (Å²) in [6, 6.07) is 2.63. The molecule has 1 heterocycles. The molecule has 0 unspecified atom stereocenters. The van der Waals surface area contributed by atoms with Crippen LogP contribution in [0.15, 0.2) is 29.4 Å². The first-order valence-electron chi connectivity index (χ1n) is 5.97. The predicted octanol–water partition coefficient (Wildman–Crippen LogP) is 1.04. The first-order chi connectivity index (χ1) is 8.89. The molecule has 0 aliphatic heterocycles. The molecule has 6 nitrogen and oxygen atoms in total. The van der Waals surface area contributed by atoms with Gasteiger partial charge in [-0.2, -0.15) is 4.31 Å². The molecule has 1 rings (SSSR count). The highest BCUT2D eigenvalue weighted by atomic mass is 32.2. The number of hydrogen-bond donors (Lipinski definition) is 0. The molecule has 0 bridgehead atoms. The van der Waals surface area contributed by atoms with Gasteiger partial charge in [0.25, 0.3) is 0 Å². The molecule has 0 aliphatic carbocycles. The van der Waals surface area contributed by atoms with Crippen molar-refractivity contribution in [1.29, 1.82) is 0 Å². The fraction of sp³-hybridized carbons (Fsp3) is 0.500. The summed E-state index contributed by atoms with van der Waals surface area (Å²) in [5.41, 5.74) is 0. The Balaban J connectivity index is 3.02. The van der Waals surface area contributed by atoms with Crippen molar-refractivity contribution < 1.29 is 17.9 Å². The van der Waals surface area contributed by atoms with E-state index < -0.39 is 16.0 Å². The lowest BCUT2D eigenvalue weighted by Gasteiger charge is -2.24. The Morgan fingerprint density at radius 2 is 2.16 bits per heavy atom. The van der Waals surface area contributed by atoms with E-state index in [0.717, 1.165) is 4.31 Å². The van der Waals surface area contributed by atoms with Gasteiger partial charge in [-0.1, -0.05) is 0 Å². The van der Waals surface area contributed by atoms with E-state index in [4.69, 9.17) is 4.74 Å². The van der Waals surface area contributed by atoms with Crippen molar-refractivity contribution in [1.82, 2.24) is 9.29 Å². The minimum absolute atomic E-state index is 0.0630. The lowest BCUT2D eigenvalue weighted by atomic mass is 10.4. The van der Waals surface area contributed by atoms with Crippen LogP contribution < -0.4 is 0 Å². The molecule has 0 saturated heterocycles. The Labute approximate surface area is 113 Å². The first-order valence-corrected chi connectivity index (χ1v) is 7.41. The molecular formula is C12H18N2O4S. The van der Waals surface area contributed by atoms with Gasteiger partial charge in [0.1, 0.15) is 11.4 Å². The summed E-state index contributed by atoms with van der Waals surface area (Å²) in [4.78, 5) is 15.3. The van der Waals surface area contributed by atoms with Crippen molar-refractivity contribution in [2.24, 2.45) is 0 Å². The van der Waals surface area contributed by atoms with Gasteiger partial charge < -0.3 is 4.74 Å². The van der Waals surface area contributed by atoms with Crippen LogP contribution in [0.1, 0.15) is 20.8 Å². The van der Waals surface area contributed by atoms with E-state index >= 15 is 0 Å². The molecule has 7 heteroatoms. The second-order valence-corrected chi connectivity index (χ2v) is 6.03. The summed E-state index contributed by atoms with van der Waals surface area (Å²) in [6.07, 6.45) is 2.75. The third-order valence-corrected chi connectivity index (χ3v) is 4.41. The molecule has 0 aliphatic rings. The molecule has 0 saturated carbocycles. The zero-order chi connectivity index (χ0) is 14.5. The highest BCUT2D eigenvalue weighted by Crippen LogP contribution is 2.16. The Hall–Kier alpha value is -1.47. The van der Waals surface area contributed by atoms with E-state index in [1.807, 2.05) is 0 Å². The molecule has 19 heavy (non-hydrogen) atoms. The van der Waals surface area contributed by atoms with Gasteiger partial charge in [0.05, 0.1) is 6.61 Å². The highest BCUT2D eigenvalue weighted by molar-refractivity contribution is 7.89. The van der Waals surface area contributed by atoms with Gasteiger partial charge in [-0.05, 0) is 32.9 Å². The molecular weight excluding hydrogens is 268 g/mol. The normalized spacial score (nSPS) is 11.8. The first kappa shape index (κ1) is 15.6. The number of nitrogens with zero attached hydrogens (tertiary/aromatic N) is 2. The number of esters is 1. The maximum Gasteiger partial charge on any atom is 0.321 e. The molecule has 0 N–H and O–H groups in total. The second-order valence-electron chi connectivity index (χ2n) is 4.14. The minimum Gasteiger partial charge on any atom is -0.465 e. The van der Waals surface area contributed by atoms with Gasteiger partial charge in [-0.15, -0.1) is 0 Å². The quantitative estimate of drug-likeness (QED) is 0.730. The van der Waals surface area contributed by atoms with Crippen LogP contribution in [0.2, 0.25) is 0 Å². The summed E-state index contributed by atoms with van der Waals surface area (Å²) in [7, 11) is -3.74. The van der Waals surface area contributed by atoms with Gasteiger partial charge >= 0.3 is 5.97 Å². The minimum atomic E-state index is -3.74. The van der Waals surface area contributed by atoms with Crippen molar-refractivity contribution in [3.63, 3.8) is 0 Å². The molecule has 0 atom stereocenters. The number of ether oxygens (including phenoxy) is 1. The summed E-state index contributed by atoms with van der Waals surface area (Å²) >= 11 is 0. The van der Waals surface area contributed by atoms with Crippen molar-refractivity contribution >= 4 is 16.0 Å². The summed E-state index contributed by atoms with van der Waals surface area (Å²) in [5, 5.41) is 0. The lowest BCUT2D eigenvalue weighted by molar-refractivity contribution is -0.143. The Morgan fingerprint density at radius 3 is 2.63 bits per heavy atom. The zero-order valence-corrected chi connectivity index (χ0v) is 12.1. The van der Waals surface area contributed by atoms with Gasteiger partial charge in [0.15, 0.2) is 0 Å². The van der Waals surface area contributed by atoms with Crippen LogP contribution in [0, 0.1) is 0 Å². The number of rotatable bonds is 6. The maximum atomic E-state index is 12.4. The third-order valence-electron chi connectivity index (χ3n) is 2.41. The van der Waals surface area contributed by atoms with Crippen molar-refractivity contribution in [3.05, 3.63) is 24.5 Å². The van der Waals surface area contributed by atoms with Crippen molar-refractivity contribution in [3.8, 4) is 0 Å². The SMILES string of the molecule is CCOC(=O)CN(C(C)C)S(=O)(=O)c1cccnc1. The van der Waals surface area contributed by atoms with Gasteiger partial charge in [0.2, 0.25) is 10.0 Å². The molecule has 1 aromatic rings. The topological polar surface area (TPSA) is 76.6 Å². The van der Waals surface area contributed by atoms with E-state index in [1.54, 1.807) is 20.8 Å². The molecule has 0 radical (unpaired) electrons. The standard InChI is InChI=1S/C12H18N2O4S/c1-4-18-12(15)9-14(10(2)3)19(16,17)11-6-5-7-13-8-11/h5-8,10H,4,9H2,1-3H3. The average molecular weight is 286 g/mol. The average Bonchev–Trinajstić information content (AvgIpc) is 2.37. The number of aromatic nitrogens is 1. The van der Waals surface area contributed by atoms with E-state index in [1.165, 1.54) is 24.5 Å². The molecule has 106 valence electrons. The van der Waals surface area contributed by atoms with Crippen LogP contribution in [0.5, 0.6) is 0 Å². The highest BCUT2D eigenvalue weighted by Gasteiger charge is 2.29. The number of sulfonamides is 1. The van der Waals surface area contributed by atoms with Crippen LogP contribution in [0.25, 0.3) is 0 Å². The monoisotopic (exact) mass is 286 g/mol. The zero-order valence-electron chi connectivity index (χ0n) is 11.2. The Morgan fingerprint density at radius 1 is 1.47 bits per heavy atom. The van der Waals surface area contributed by atoms with E-state index in [0.29, 0.717) is 0 Å². The van der Waals surface area contributed by atoms with E-state index in [9.17, 15) is 13.2 Å². The third kappa shape index (κ3) is 4.00. The van der Waals surface area contributed by atoms with Crippen LogP contribution in [-0.4, -0.2) is 42.9 Å². The molecule has 1 aromatic heterocycles. The van der Waals surface area contributed by atoms with Crippen molar-refractivity contribution in [2.75, 3.05) is 13.2 Å². The van der Waals surface area contributed by atoms with Gasteiger partial charge in [0, 0.05) is 18.4 Å². The number of pyridine rings is 1. The largest absolute Gasteiger partial charge is 0.465 e. The van der Waals surface area contributed by atoms with Crippen LogP contribution in [0.3, 0.4) is 0 Å². The summed E-state index contributed by atoms with van der Waals surface area (Å²) < 4.78 is 30.7. The number of carbonyl (C=O) groups excluding carboxylic acids is 1. The van der Waals surface area contributed by atoms with Gasteiger partial charge in [-0.3, -0.25) is 9.78 Å². The van der Waals surface area contributed by atoms with Gasteiger partial charge in [-0.25, -0.2) is 8.42 Å². The van der Waals surface area contributed by atoms with E-state index in [2.05, 4.69) is 4.98 Å². The molecule has 0 spiro atoms. The lowest BCUT2D eigenvalue weighted by Crippen LogP contribution is -2.41.